The van der Waals surface area contributed by atoms with Crippen molar-refractivity contribution in [2.24, 2.45) is 0 Å². The Hall–Kier alpha value is -0.313. The summed E-state index contributed by atoms with van der Waals surface area (Å²) in [6.45, 7) is 6.49. The largest absolute Gasteiger partial charge is 0.522 e. The lowest BCUT2D eigenvalue weighted by atomic mass is 10.1. The summed E-state index contributed by atoms with van der Waals surface area (Å²) in [6, 6.07) is 2.14. The van der Waals surface area contributed by atoms with E-state index in [4.69, 9.17) is 4.43 Å². The van der Waals surface area contributed by atoms with Gasteiger partial charge in [0.2, 0.25) is 9.04 Å². The normalized spacial score (nSPS) is 10.8. The molecule has 0 fully saturated rings. The molecule has 0 unspecified atom stereocenters. The minimum atomic E-state index is -1.17. The van der Waals surface area contributed by atoms with Crippen molar-refractivity contribution in [3.05, 3.63) is 0 Å². The van der Waals surface area contributed by atoms with Crippen LogP contribution in [-0.4, -0.2) is 15.0 Å². The lowest BCUT2D eigenvalue weighted by Crippen LogP contribution is -2.20. The molecule has 0 amide bonds. The first-order valence-corrected chi connectivity index (χ1v) is 9.54. The van der Waals surface area contributed by atoms with Crippen LogP contribution in [0, 0.1) is 0 Å². The molecule has 0 aliphatic carbocycles. The van der Waals surface area contributed by atoms with Crippen LogP contribution in [0.2, 0.25) is 12.1 Å². The number of rotatable bonds is 11. The van der Waals surface area contributed by atoms with Crippen LogP contribution in [0.15, 0.2) is 0 Å². The Morgan fingerprint density at radius 2 is 1.41 bits per heavy atom. The Kier molecular flexibility index (Phi) is 11.9. The van der Waals surface area contributed by atoms with E-state index < -0.39 is 9.04 Å². The van der Waals surface area contributed by atoms with E-state index in [9.17, 15) is 4.79 Å². The van der Waals surface area contributed by atoms with Crippen LogP contribution in [0.4, 0.5) is 0 Å². The Bertz CT molecular complexity index is 179. The van der Waals surface area contributed by atoms with Gasteiger partial charge in [-0.3, -0.25) is 4.79 Å². The van der Waals surface area contributed by atoms with Gasteiger partial charge in [-0.1, -0.05) is 59.3 Å². The smallest absolute Gasteiger partial charge is 0.292 e. The summed E-state index contributed by atoms with van der Waals surface area (Å²) in [7, 11) is -1.17. The lowest BCUT2D eigenvalue weighted by Gasteiger charge is -2.12. The lowest BCUT2D eigenvalue weighted by molar-refractivity contribution is -0.134. The summed E-state index contributed by atoms with van der Waals surface area (Å²) >= 11 is 0. The molecule has 0 heterocycles. The summed E-state index contributed by atoms with van der Waals surface area (Å²) in [5.41, 5.74) is 0. The van der Waals surface area contributed by atoms with Crippen molar-refractivity contribution in [3.8, 4) is 0 Å². The topological polar surface area (TPSA) is 26.3 Å². The Morgan fingerprint density at radius 3 is 1.94 bits per heavy atom. The molecule has 0 aromatic heterocycles. The van der Waals surface area contributed by atoms with E-state index in [1.807, 2.05) is 0 Å². The first-order valence-electron chi connectivity index (χ1n) is 7.44. The fourth-order valence-electron chi connectivity index (χ4n) is 1.93. The van der Waals surface area contributed by atoms with Gasteiger partial charge < -0.3 is 4.43 Å². The van der Waals surface area contributed by atoms with Crippen LogP contribution in [0.1, 0.15) is 72.1 Å². The summed E-state index contributed by atoms with van der Waals surface area (Å²) < 4.78 is 5.49. The number of carbonyl (C=O) groups is 1. The van der Waals surface area contributed by atoms with Gasteiger partial charge >= 0.3 is 0 Å². The van der Waals surface area contributed by atoms with E-state index >= 15 is 0 Å². The van der Waals surface area contributed by atoms with Crippen molar-refractivity contribution in [2.75, 3.05) is 0 Å². The molecule has 0 aliphatic heterocycles. The highest BCUT2D eigenvalue weighted by Crippen LogP contribution is 2.10. The van der Waals surface area contributed by atoms with Crippen LogP contribution in [0.3, 0.4) is 0 Å². The van der Waals surface area contributed by atoms with Crippen LogP contribution in [-0.2, 0) is 9.22 Å². The molecule has 17 heavy (non-hydrogen) atoms. The summed E-state index contributed by atoms with van der Waals surface area (Å²) in [5, 5.41) is 0. The Balaban J connectivity index is 3.33. The van der Waals surface area contributed by atoms with E-state index in [0.717, 1.165) is 18.5 Å². The molecule has 0 saturated heterocycles. The second-order valence-corrected chi connectivity index (χ2v) is 7.91. The zero-order valence-corrected chi connectivity index (χ0v) is 13.1. The molecule has 0 aliphatic rings. The zero-order chi connectivity index (χ0) is 12.9. The van der Waals surface area contributed by atoms with Crippen molar-refractivity contribution >= 4 is 15.0 Å². The first kappa shape index (κ1) is 16.7. The van der Waals surface area contributed by atoms with Crippen molar-refractivity contribution in [1.82, 2.24) is 0 Å². The maximum atomic E-state index is 11.5. The summed E-state index contributed by atoms with van der Waals surface area (Å²) in [5.74, 6) is 0.0546. The average Bonchev–Trinajstić information content (AvgIpc) is 2.34. The monoisotopic (exact) mass is 258 g/mol. The van der Waals surface area contributed by atoms with E-state index in [1.165, 1.54) is 38.5 Å². The van der Waals surface area contributed by atoms with Crippen LogP contribution in [0.5, 0.6) is 0 Å². The van der Waals surface area contributed by atoms with Crippen LogP contribution < -0.4 is 0 Å². The van der Waals surface area contributed by atoms with Crippen LogP contribution in [0.25, 0.3) is 0 Å². The first-order chi connectivity index (χ1) is 8.24. The summed E-state index contributed by atoms with van der Waals surface area (Å²) in [6.07, 6.45) is 9.43. The number of unbranched alkanes of at least 4 members (excludes halogenated alkanes) is 6. The van der Waals surface area contributed by atoms with Crippen molar-refractivity contribution in [2.45, 2.75) is 84.2 Å². The molecule has 0 N–H and O–H groups in total. The van der Waals surface area contributed by atoms with Gasteiger partial charge in [-0.2, -0.15) is 0 Å². The standard InChI is InChI=1S/C14H30O2Si/c1-4-7-8-9-10-11-12-13-14(15)16-17(5-2)6-3/h17H,4-13H2,1-3H3. The van der Waals surface area contributed by atoms with Gasteiger partial charge in [0.05, 0.1) is 0 Å². The molecule has 3 heteroatoms. The molecular formula is C14H30O2Si. The molecule has 0 atom stereocenters. The molecule has 0 aromatic carbocycles. The third kappa shape index (κ3) is 10.6. The van der Waals surface area contributed by atoms with Gasteiger partial charge in [-0.05, 0) is 18.5 Å². The van der Waals surface area contributed by atoms with Gasteiger partial charge in [-0.25, -0.2) is 0 Å². The maximum absolute atomic E-state index is 11.5. The average molecular weight is 258 g/mol. The van der Waals surface area contributed by atoms with Gasteiger partial charge in [0.15, 0.2) is 0 Å². The molecule has 0 spiro atoms. The van der Waals surface area contributed by atoms with Gasteiger partial charge in [0.1, 0.15) is 0 Å². The predicted octanol–water partition coefficient (Wildman–Crippen LogP) is 4.43. The minimum absolute atomic E-state index is 0.0546. The fraction of sp³-hybridized carbons (Fsp3) is 0.929. The highest BCUT2D eigenvalue weighted by molar-refractivity contribution is 6.53. The highest BCUT2D eigenvalue weighted by Gasteiger charge is 2.11. The zero-order valence-electron chi connectivity index (χ0n) is 12.0. The SMILES string of the molecule is CCCCCCCCCC(=O)O[SiH](CC)CC. The number of hydrogen-bond donors (Lipinski definition) is 0. The number of carbonyl (C=O) groups excluding carboxylic acids is 1. The maximum Gasteiger partial charge on any atom is 0.292 e. The van der Waals surface area contributed by atoms with Crippen molar-refractivity contribution in [3.63, 3.8) is 0 Å². The Labute approximate surface area is 109 Å². The predicted molar refractivity (Wildman–Crippen MR) is 76.8 cm³/mol. The third-order valence-electron chi connectivity index (χ3n) is 3.19. The van der Waals surface area contributed by atoms with Crippen molar-refractivity contribution < 1.29 is 9.22 Å². The molecular weight excluding hydrogens is 228 g/mol. The van der Waals surface area contributed by atoms with Crippen LogP contribution >= 0.6 is 0 Å². The van der Waals surface area contributed by atoms with E-state index in [1.54, 1.807) is 0 Å². The third-order valence-corrected chi connectivity index (χ3v) is 5.61. The molecule has 2 nitrogen and oxygen atoms in total. The second-order valence-electron chi connectivity index (χ2n) is 4.80. The van der Waals surface area contributed by atoms with Gasteiger partial charge in [0.25, 0.3) is 5.97 Å². The molecule has 102 valence electrons. The van der Waals surface area contributed by atoms with E-state index in [0.29, 0.717) is 6.42 Å². The molecule has 0 aromatic rings. The summed E-state index contributed by atoms with van der Waals surface area (Å²) in [4.78, 5) is 11.5. The minimum Gasteiger partial charge on any atom is -0.522 e. The van der Waals surface area contributed by atoms with E-state index in [2.05, 4.69) is 20.8 Å². The van der Waals surface area contributed by atoms with Gasteiger partial charge in [0, 0.05) is 6.42 Å². The second kappa shape index (κ2) is 12.2. The van der Waals surface area contributed by atoms with E-state index in [-0.39, 0.29) is 5.97 Å². The van der Waals surface area contributed by atoms with Gasteiger partial charge in [-0.15, -0.1) is 0 Å². The fourth-order valence-corrected chi connectivity index (χ4v) is 3.33. The molecule has 0 bridgehead atoms. The number of hydrogen-bond acceptors (Lipinski definition) is 2. The highest BCUT2D eigenvalue weighted by atomic mass is 28.3. The molecule has 0 saturated carbocycles. The quantitative estimate of drug-likeness (QED) is 0.405. The van der Waals surface area contributed by atoms with Crippen molar-refractivity contribution in [1.29, 1.82) is 0 Å². The Morgan fingerprint density at radius 1 is 0.882 bits per heavy atom. The molecule has 0 rings (SSSR count). The molecule has 0 radical (unpaired) electrons.